The minimum Gasteiger partial charge on any atom is -0.457 e. The Morgan fingerprint density at radius 2 is 1.92 bits per heavy atom. The Morgan fingerprint density at radius 1 is 1.31 bits per heavy atom. The molecule has 2 rings (SSSR count). The molecule has 1 fully saturated rings. The summed E-state index contributed by atoms with van der Waals surface area (Å²) in [7, 11) is 1.38. The third kappa shape index (κ3) is 3.93. The van der Waals surface area contributed by atoms with Crippen LogP contribution in [0.25, 0.3) is 0 Å². The Labute approximate surface area is 155 Å². The molecular formula is C20H30O6. The van der Waals surface area contributed by atoms with E-state index in [4.69, 9.17) is 14.2 Å². The van der Waals surface area contributed by atoms with Gasteiger partial charge in [0.15, 0.2) is 0 Å². The molecule has 0 radical (unpaired) electrons. The molecule has 0 saturated carbocycles. The minimum absolute atomic E-state index is 0.225. The number of rotatable bonds is 6. The van der Waals surface area contributed by atoms with Crippen LogP contribution in [-0.2, 0) is 19.0 Å². The van der Waals surface area contributed by atoms with Gasteiger partial charge in [-0.05, 0) is 25.8 Å². The van der Waals surface area contributed by atoms with Crippen LogP contribution in [0, 0.1) is 11.8 Å². The molecule has 1 aromatic carbocycles. The molecule has 1 aliphatic heterocycles. The van der Waals surface area contributed by atoms with Crippen molar-refractivity contribution in [2.75, 3.05) is 7.11 Å². The number of hydrogen-bond donors (Lipinski definition) is 2. The maximum atomic E-state index is 12.7. The van der Waals surface area contributed by atoms with Crippen LogP contribution in [-0.4, -0.2) is 47.4 Å². The van der Waals surface area contributed by atoms with E-state index in [1.54, 1.807) is 6.92 Å². The Morgan fingerprint density at radius 3 is 2.46 bits per heavy atom. The zero-order chi connectivity index (χ0) is 19.5. The van der Waals surface area contributed by atoms with Crippen molar-refractivity contribution in [3.05, 3.63) is 35.9 Å². The molecule has 0 aromatic heterocycles. The average molecular weight is 366 g/mol. The normalized spacial score (nSPS) is 34.1. The summed E-state index contributed by atoms with van der Waals surface area (Å²) >= 11 is 0. The van der Waals surface area contributed by atoms with Crippen LogP contribution in [0.2, 0.25) is 0 Å². The molecule has 146 valence electrons. The summed E-state index contributed by atoms with van der Waals surface area (Å²) in [5.41, 5.74) is 0.855. The number of carbonyl (C=O) groups excluding carboxylic acids is 1. The molecule has 1 aromatic rings. The monoisotopic (exact) mass is 366 g/mol. The molecule has 0 amide bonds. The van der Waals surface area contributed by atoms with E-state index in [1.807, 2.05) is 44.2 Å². The highest BCUT2D eigenvalue weighted by atomic mass is 16.7. The third-order valence-corrected chi connectivity index (χ3v) is 5.38. The number of methoxy groups -OCH3 is 1. The van der Waals surface area contributed by atoms with Gasteiger partial charge in [0.05, 0.1) is 12.2 Å². The number of aliphatic hydroxyl groups excluding tert-OH is 1. The maximum absolute atomic E-state index is 12.7. The fourth-order valence-electron chi connectivity index (χ4n) is 3.51. The summed E-state index contributed by atoms with van der Waals surface area (Å²) in [4.78, 5) is 12.7. The van der Waals surface area contributed by atoms with Crippen LogP contribution in [0.1, 0.15) is 45.8 Å². The van der Waals surface area contributed by atoms with E-state index in [2.05, 4.69) is 0 Å². The van der Waals surface area contributed by atoms with Gasteiger partial charge in [-0.1, -0.05) is 44.2 Å². The van der Waals surface area contributed by atoms with Crippen LogP contribution in [0.5, 0.6) is 0 Å². The van der Waals surface area contributed by atoms with Crippen molar-refractivity contribution in [3.63, 3.8) is 0 Å². The second-order valence-corrected chi connectivity index (χ2v) is 7.03. The highest BCUT2D eigenvalue weighted by Gasteiger charge is 2.57. The third-order valence-electron chi connectivity index (χ3n) is 5.38. The lowest BCUT2D eigenvalue weighted by atomic mass is 9.80. The Balaban J connectivity index is 2.18. The van der Waals surface area contributed by atoms with Gasteiger partial charge in [0.1, 0.15) is 18.1 Å². The standard InChI is InChI=1S/C20H30O6/c1-6-16-12(2)17(21)18(24-5)20(23,26-16)13(3)19(22)25-14(4)15-10-8-7-9-11-15/h7-14,16-18,21,23H,6H2,1-5H3/t12-,13+,14+,16+,17+,18-,20-/m1/s1. The van der Waals surface area contributed by atoms with E-state index in [0.29, 0.717) is 6.42 Å². The van der Waals surface area contributed by atoms with E-state index < -0.39 is 36.0 Å². The molecule has 1 heterocycles. The van der Waals surface area contributed by atoms with E-state index >= 15 is 0 Å². The van der Waals surface area contributed by atoms with Gasteiger partial charge in [0, 0.05) is 13.0 Å². The first-order chi connectivity index (χ1) is 12.3. The number of aliphatic hydroxyl groups is 2. The fraction of sp³-hybridized carbons (Fsp3) is 0.650. The van der Waals surface area contributed by atoms with Gasteiger partial charge in [-0.25, -0.2) is 0 Å². The Hall–Kier alpha value is -1.47. The van der Waals surface area contributed by atoms with Gasteiger partial charge < -0.3 is 24.4 Å². The molecule has 0 bridgehead atoms. The first kappa shape index (κ1) is 20.8. The highest BCUT2D eigenvalue weighted by Crippen LogP contribution is 2.39. The molecule has 0 spiro atoms. The minimum atomic E-state index is -1.96. The van der Waals surface area contributed by atoms with Gasteiger partial charge >= 0.3 is 5.97 Å². The Bertz CT molecular complexity index is 591. The lowest BCUT2D eigenvalue weighted by molar-refractivity contribution is -0.356. The molecule has 7 atom stereocenters. The van der Waals surface area contributed by atoms with E-state index in [-0.39, 0.29) is 12.0 Å². The predicted molar refractivity (Wildman–Crippen MR) is 96.2 cm³/mol. The molecular weight excluding hydrogens is 336 g/mol. The van der Waals surface area contributed by atoms with Gasteiger partial charge in [0.25, 0.3) is 0 Å². The molecule has 1 saturated heterocycles. The van der Waals surface area contributed by atoms with Gasteiger partial charge in [-0.15, -0.1) is 0 Å². The SMILES string of the molecule is CC[C@@H]1O[C@](O)([C@@H](C)C(=O)O[C@@H](C)c2ccccc2)[C@H](OC)[C@@H](O)[C@@H]1C. The average Bonchev–Trinajstić information content (AvgIpc) is 2.65. The van der Waals surface area contributed by atoms with Crippen LogP contribution in [0.4, 0.5) is 0 Å². The van der Waals surface area contributed by atoms with Crippen molar-refractivity contribution < 1.29 is 29.2 Å². The number of esters is 1. The van der Waals surface area contributed by atoms with Crippen LogP contribution >= 0.6 is 0 Å². The van der Waals surface area contributed by atoms with Crippen molar-refractivity contribution in [2.24, 2.45) is 11.8 Å². The lowest BCUT2D eigenvalue weighted by Gasteiger charge is -2.49. The number of carbonyl (C=O) groups is 1. The molecule has 0 aliphatic carbocycles. The predicted octanol–water partition coefficient (Wildman–Crippen LogP) is 2.44. The molecule has 0 unspecified atom stereocenters. The first-order valence-corrected chi connectivity index (χ1v) is 9.12. The van der Waals surface area contributed by atoms with Gasteiger partial charge in [0.2, 0.25) is 5.79 Å². The van der Waals surface area contributed by atoms with Crippen molar-refractivity contribution in [1.82, 2.24) is 0 Å². The second kappa shape index (κ2) is 8.48. The van der Waals surface area contributed by atoms with Crippen molar-refractivity contribution >= 4 is 5.97 Å². The van der Waals surface area contributed by atoms with Crippen molar-refractivity contribution in [3.8, 4) is 0 Å². The molecule has 6 heteroatoms. The zero-order valence-electron chi connectivity index (χ0n) is 16.1. The van der Waals surface area contributed by atoms with E-state index in [9.17, 15) is 15.0 Å². The first-order valence-electron chi connectivity index (χ1n) is 9.12. The van der Waals surface area contributed by atoms with E-state index in [0.717, 1.165) is 5.56 Å². The summed E-state index contributed by atoms with van der Waals surface area (Å²) in [6.07, 6.45) is -2.26. The smallest absolute Gasteiger partial charge is 0.314 e. The van der Waals surface area contributed by atoms with Crippen molar-refractivity contribution in [2.45, 2.75) is 64.3 Å². The van der Waals surface area contributed by atoms with Gasteiger partial charge in [-0.3, -0.25) is 4.79 Å². The fourth-order valence-corrected chi connectivity index (χ4v) is 3.51. The summed E-state index contributed by atoms with van der Waals surface area (Å²) in [5.74, 6) is -3.83. The van der Waals surface area contributed by atoms with Crippen LogP contribution < -0.4 is 0 Å². The number of hydrogen-bond acceptors (Lipinski definition) is 6. The highest BCUT2D eigenvalue weighted by molar-refractivity contribution is 5.73. The van der Waals surface area contributed by atoms with Crippen LogP contribution in [0.15, 0.2) is 30.3 Å². The second-order valence-electron chi connectivity index (χ2n) is 7.03. The quantitative estimate of drug-likeness (QED) is 0.752. The molecule has 26 heavy (non-hydrogen) atoms. The summed E-state index contributed by atoms with van der Waals surface area (Å²) in [6.45, 7) is 7.04. The summed E-state index contributed by atoms with van der Waals surface area (Å²) < 4.78 is 16.7. The molecule has 1 aliphatic rings. The summed E-state index contributed by atoms with van der Waals surface area (Å²) in [5, 5.41) is 21.7. The molecule has 2 N–H and O–H groups in total. The molecule has 6 nitrogen and oxygen atoms in total. The van der Waals surface area contributed by atoms with Crippen LogP contribution in [0.3, 0.4) is 0 Å². The number of benzene rings is 1. The topological polar surface area (TPSA) is 85.2 Å². The van der Waals surface area contributed by atoms with E-state index in [1.165, 1.54) is 14.0 Å². The Kier molecular flexibility index (Phi) is 6.80. The van der Waals surface area contributed by atoms with Gasteiger partial charge in [-0.2, -0.15) is 0 Å². The largest absolute Gasteiger partial charge is 0.457 e. The maximum Gasteiger partial charge on any atom is 0.314 e. The zero-order valence-corrected chi connectivity index (χ0v) is 16.1. The lowest BCUT2D eigenvalue weighted by Crippen LogP contribution is -2.66. The summed E-state index contributed by atoms with van der Waals surface area (Å²) in [6, 6.07) is 9.35. The van der Waals surface area contributed by atoms with Crippen molar-refractivity contribution in [1.29, 1.82) is 0 Å². The number of ether oxygens (including phenoxy) is 3.